The normalized spacial score (nSPS) is 12.9. The molecule has 1 aromatic heterocycles. The summed E-state index contributed by atoms with van der Waals surface area (Å²) in [4.78, 5) is 29.2. The number of aryl methyl sites for hydroxylation is 1. The molecule has 2 aromatic rings. The van der Waals surface area contributed by atoms with E-state index >= 15 is 0 Å². The molecule has 2 rings (SSSR count). The van der Waals surface area contributed by atoms with Crippen LogP contribution in [0, 0.1) is 12.8 Å². The zero-order valence-electron chi connectivity index (χ0n) is 17.0. The Balaban J connectivity index is 2.18. The number of hydrogen-bond donors (Lipinski definition) is 4. The minimum Gasteiger partial charge on any atom is -0.426 e. The number of rotatable bonds is 9. The van der Waals surface area contributed by atoms with Crippen LogP contribution < -0.4 is 10.6 Å². The number of hydrogen-bond acceptors (Lipinski definition) is 5. The number of nitrogens with one attached hydrogen (secondary N) is 2. The highest BCUT2D eigenvalue weighted by atomic mass is 16.4. The Morgan fingerprint density at radius 1 is 1.10 bits per heavy atom. The molecule has 1 unspecified atom stereocenters. The summed E-state index contributed by atoms with van der Waals surface area (Å²) in [5.41, 5.74) is 2.16. The third-order valence-electron chi connectivity index (χ3n) is 4.61. The van der Waals surface area contributed by atoms with Gasteiger partial charge in [-0.1, -0.05) is 38.1 Å². The number of nitrogens with zero attached hydrogens (tertiary/aromatic N) is 1. The summed E-state index contributed by atoms with van der Waals surface area (Å²) in [5, 5.41) is 24.7. The molecular formula is C21H28BN3O4. The van der Waals surface area contributed by atoms with Crippen LogP contribution in [-0.4, -0.2) is 39.9 Å². The summed E-state index contributed by atoms with van der Waals surface area (Å²) in [6.45, 7) is 5.78. The molecule has 0 bridgehead atoms. The van der Waals surface area contributed by atoms with Crippen LogP contribution in [0.1, 0.15) is 54.2 Å². The molecule has 1 aromatic carbocycles. The quantitative estimate of drug-likeness (QED) is 0.482. The predicted octanol–water partition coefficient (Wildman–Crippen LogP) is 1.79. The average Bonchev–Trinajstić information content (AvgIpc) is 2.67. The van der Waals surface area contributed by atoms with Gasteiger partial charge in [0.15, 0.2) is 0 Å². The lowest BCUT2D eigenvalue weighted by molar-refractivity contribution is -0.122. The lowest BCUT2D eigenvalue weighted by atomic mass is 9.75. The standard InChI is InChI=1S/C21H28BN3O4/c1-14(2)11-19(22(28)29)25-20(26)12-18(17-9-5-4-7-15(17)3)24-21(27)16-8-6-10-23-13-16/h4-10,13-14,18-19,28-29H,11-12H2,1-3H3,(H,24,27)(H,25,26)/t18?,19-/m0/s1. The molecule has 0 spiro atoms. The van der Waals surface area contributed by atoms with Gasteiger partial charge in [-0.25, -0.2) is 0 Å². The van der Waals surface area contributed by atoms with Crippen molar-refractivity contribution >= 4 is 18.9 Å². The van der Waals surface area contributed by atoms with Gasteiger partial charge < -0.3 is 20.7 Å². The minimum absolute atomic E-state index is 0.0296. The van der Waals surface area contributed by atoms with Crippen molar-refractivity contribution in [2.24, 2.45) is 5.92 Å². The molecule has 0 saturated carbocycles. The monoisotopic (exact) mass is 397 g/mol. The van der Waals surface area contributed by atoms with Gasteiger partial charge in [0.25, 0.3) is 5.91 Å². The Labute approximate surface area is 171 Å². The van der Waals surface area contributed by atoms with Crippen LogP contribution in [0.15, 0.2) is 48.8 Å². The van der Waals surface area contributed by atoms with Crippen molar-refractivity contribution in [2.45, 2.75) is 45.6 Å². The Bertz CT molecular complexity index is 815. The molecule has 0 aliphatic carbocycles. The van der Waals surface area contributed by atoms with Crippen LogP contribution in [0.3, 0.4) is 0 Å². The van der Waals surface area contributed by atoms with Crippen molar-refractivity contribution in [2.75, 3.05) is 0 Å². The Morgan fingerprint density at radius 2 is 1.83 bits per heavy atom. The predicted molar refractivity (Wildman–Crippen MR) is 112 cm³/mol. The van der Waals surface area contributed by atoms with Crippen molar-refractivity contribution in [3.63, 3.8) is 0 Å². The summed E-state index contributed by atoms with van der Waals surface area (Å²) in [5.74, 6) is -1.29. The zero-order valence-corrected chi connectivity index (χ0v) is 17.0. The van der Waals surface area contributed by atoms with E-state index in [2.05, 4.69) is 15.6 Å². The van der Waals surface area contributed by atoms with E-state index in [1.807, 2.05) is 45.0 Å². The molecule has 7 nitrogen and oxygen atoms in total. The molecule has 8 heteroatoms. The SMILES string of the molecule is Cc1ccccc1C(CC(=O)N[C@@H](CC(C)C)B(O)O)NC(=O)c1cccnc1. The van der Waals surface area contributed by atoms with Crippen molar-refractivity contribution in [1.29, 1.82) is 0 Å². The van der Waals surface area contributed by atoms with Gasteiger partial charge in [-0.3, -0.25) is 14.6 Å². The molecule has 4 N–H and O–H groups in total. The largest absolute Gasteiger partial charge is 0.475 e. The molecule has 0 aliphatic rings. The Morgan fingerprint density at radius 3 is 2.41 bits per heavy atom. The fraction of sp³-hybridized carbons (Fsp3) is 0.381. The van der Waals surface area contributed by atoms with Crippen LogP contribution in [0.4, 0.5) is 0 Å². The first kappa shape index (κ1) is 22.6. The van der Waals surface area contributed by atoms with Gasteiger partial charge in [-0.05, 0) is 42.5 Å². The summed E-state index contributed by atoms with van der Waals surface area (Å²) >= 11 is 0. The molecule has 0 radical (unpaired) electrons. The number of benzene rings is 1. The second kappa shape index (κ2) is 10.7. The van der Waals surface area contributed by atoms with Crippen LogP contribution in [-0.2, 0) is 4.79 Å². The van der Waals surface area contributed by atoms with Gasteiger partial charge in [-0.2, -0.15) is 0 Å². The topological polar surface area (TPSA) is 112 Å². The summed E-state index contributed by atoms with van der Waals surface area (Å²) < 4.78 is 0. The number of carbonyl (C=O) groups is 2. The van der Waals surface area contributed by atoms with Crippen LogP contribution in [0.5, 0.6) is 0 Å². The van der Waals surface area contributed by atoms with Crippen molar-refractivity contribution in [3.8, 4) is 0 Å². The maximum atomic E-state index is 12.7. The highest BCUT2D eigenvalue weighted by Crippen LogP contribution is 2.21. The molecule has 0 aliphatic heterocycles. The second-order valence-corrected chi connectivity index (χ2v) is 7.55. The molecule has 0 saturated heterocycles. The van der Waals surface area contributed by atoms with E-state index in [1.54, 1.807) is 18.3 Å². The van der Waals surface area contributed by atoms with E-state index in [4.69, 9.17) is 0 Å². The summed E-state index contributed by atoms with van der Waals surface area (Å²) in [6, 6.07) is 10.3. The zero-order chi connectivity index (χ0) is 21.4. The van der Waals surface area contributed by atoms with E-state index in [1.165, 1.54) is 6.20 Å². The first-order valence-electron chi connectivity index (χ1n) is 9.69. The second-order valence-electron chi connectivity index (χ2n) is 7.55. The van der Waals surface area contributed by atoms with Crippen LogP contribution in [0.2, 0.25) is 0 Å². The van der Waals surface area contributed by atoms with E-state index in [-0.39, 0.29) is 24.2 Å². The third-order valence-corrected chi connectivity index (χ3v) is 4.61. The number of pyridine rings is 1. The number of aromatic nitrogens is 1. The van der Waals surface area contributed by atoms with E-state index in [0.717, 1.165) is 11.1 Å². The van der Waals surface area contributed by atoms with Gasteiger partial charge in [0.1, 0.15) is 0 Å². The Kier molecular flexibility index (Phi) is 8.36. The highest BCUT2D eigenvalue weighted by molar-refractivity contribution is 6.43. The fourth-order valence-corrected chi connectivity index (χ4v) is 3.17. The third kappa shape index (κ3) is 7.00. The van der Waals surface area contributed by atoms with Gasteiger partial charge in [0, 0.05) is 12.4 Å². The fourth-order valence-electron chi connectivity index (χ4n) is 3.17. The minimum atomic E-state index is -1.65. The van der Waals surface area contributed by atoms with Gasteiger partial charge in [0.05, 0.1) is 24.0 Å². The van der Waals surface area contributed by atoms with Crippen molar-refractivity contribution < 1.29 is 19.6 Å². The van der Waals surface area contributed by atoms with Gasteiger partial charge >= 0.3 is 7.12 Å². The smallest absolute Gasteiger partial charge is 0.426 e. The molecule has 1 heterocycles. The van der Waals surface area contributed by atoms with Gasteiger partial charge in [0.2, 0.25) is 5.91 Å². The Hall–Kier alpha value is -2.71. The first-order chi connectivity index (χ1) is 13.8. The maximum Gasteiger partial charge on any atom is 0.475 e. The highest BCUT2D eigenvalue weighted by Gasteiger charge is 2.28. The van der Waals surface area contributed by atoms with E-state index < -0.39 is 19.1 Å². The molecule has 154 valence electrons. The maximum absolute atomic E-state index is 12.7. The van der Waals surface area contributed by atoms with E-state index in [0.29, 0.717) is 12.0 Å². The summed E-state index contributed by atoms with van der Waals surface area (Å²) in [7, 11) is -1.65. The molecule has 29 heavy (non-hydrogen) atoms. The van der Waals surface area contributed by atoms with Crippen LogP contribution >= 0.6 is 0 Å². The molecule has 0 fully saturated rings. The average molecular weight is 397 g/mol. The number of amides is 2. The number of carbonyl (C=O) groups excluding carboxylic acids is 2. The first-order valence-corrected chi connectivity index (χ1v) is 9.69. The molecule has 2 amide bonds. The lowest BCUT2D eigenvalue weighted by Crippen LogP contribution is -2.48. The lowest BCUT2D eigenvalue weighted by Gasteiger charge is -2.24. The van der Waals surface area contributed by atoms with Gasteiger partial charge in [-0.15, -0.1) is 0 Å². The van der Waals surface area contributed by atoms with Crippen molar-refractivity contribution in [1.82, 2.24) is 15.6 Å². The molecular weight excluding hydrogens is 369 g/mol. The summed E-state index contributed by atoms with van der Waals surface area (Å²) in [6.07, 6.45) is 3.45. The van der Waals surface area contributed by atoms with Crippen molar-refractivity contribution in [3.05, 3.63) is 65.5 Å². The van der Waals surface area contributed by atoms with E-state index in [9.17, 15) is 19.6 Å². The van der Waals surface area contributed by atoms with Crippen LogP contribution in [0.25, 0.3) is 0 Å². The molecule has 2 atom stereocenters.